The van der Waals surface area contributed by atoms with Gasteiger partial charge in [0.1, 0.15) is 5.01 Å². The fraction of sp³-hybridized carbons (Fsp3) is 0.333. The van der Waals surface area contributed by atoms with Gasteiger partial charge < -0.3 is 0 Å². The van der Waals surface area contributed by atoms with Crippen LogP contribution in [0, 0.1) is 5.92 Å². The second-order valence-corrected chi connectivity index (χ2v) is 7.18. The number of nitrogens with zero attached hydrogens (tertiary/aromatic N) is 3. The molecule has 6 nitrogen and oxygen atoms in total. The van der Waals surface area contributed by atoms with Crippen LogP contribution >= 0.6 is 11.3 Å². The lowest BCUT2D eigenvalue weighted by Gasteiger charge is -2.01. The summed E-state index contributed by atoms with van der Waals surface area (Å²) in [6.07, 6.45) is 7.97. The summed E-state index contributed by atoms with van der Waals surface area (Å²) in [6.45, 7) is 0.937. The van der Waals surface area contributed by atoms with E-state index in [4.69, 9.17) is 5.14 Å². The minimum absolute atomic E-state index is 0.0892. The number of hydrogen-bond donors (Lipinski definition) is 1. The highest BCUT2D eigenvalue weighted by Crippen LogP contribution is 2.30. The second kappa shape index (κ2) is 5.12. The maximum atomic E-state index is 11.1. The van der Waals surface area contributed by atoms with Gasteiger partial charge >= 0.3 is 0 Å². The molecule has 2 aromatic heterocycles. The third-order valence-corrected chi connectivity index (χ3v) is 4.82. The van der Waals surface area contributed by atoms with Gasteiger partial charge in [0.05, 0.1) is 5.69 Å². The van der Waals surface area contributed by atoms with Gasteiger partial charge in [-0.25, -0.2) is 18.5 Å². The molecule has 0 bridgehead atoms. The van der Waals surface area contributed by atoms with Crippen LogP contribution in [0.3, 0.4) is 0 Å². The summed E-state index contributed by atoms with van der Waals surface area (Å²) in [6, 6.07) is 1.92. The smallest absolute Gasteiger partial charge is 0.256 e. The number of thiazole rings is 1. The lowest BCUT2D eigenvalue weighted by Crippen LogP contribution is -2.12. The van der Waals surface area contributed by atoms with Crippen molar-refractivity contribution >= 4 is 33.5 Å². The third kappa shape index (κ3) is 3.14. The molecule has 0 atom stereocenters. The Bertz CT molecular complexity index is 741. The van der Waals surface area contributed by atoms with Crippen LogP contribution in [0.15, 0.2) is 22.7 Å². The zero-order chi connectivity index (χ0) is 14.2. The van der Waals surface area contributed by atoms with Gasteiger partial charge in [0, 0.05) is 18.1 Å². The van der Waals surface area contributed by atoms with Gasteiger partial charge in [-0.05, 0) is 37.0 Å². The topological polar surface area (TPSA) is 90.9 Å². The summed E-state index contributed by atoms with van der Waals surface area (Å²) < 4.78 is 24.3. The second-order valence-electron chi connectivity index (χ2n) is 4.78. The van der Waals surface area contributed by atoms with Gasteiger partial charge in [0.15, 0.2) is 5.03 Å². The first-order valence-corrected chi connectivity index (χ1v) is 8.63. The number of aromatic nitrogens is 3. The largest absolute Gasteiger partial charge is 0.265 e. The highest BCUT2D eigenvalue weighted by Gasteiger charge is 2.22. The molecular weight excluding hydrogens is 296 g/mol. The highest BCUT2D eigenvalue weighted by atomic mass is 32.2. The standard InChI is InChI=1S/C12H14N4O2S2/c13-20(17,18)12-8-19-11(15-12)4-3-10-5-6-14-16(10)7-9-1-2-9/h3-6,8-9H,1-2,7H2,(H2,13,17,18)/b4-3+. The van der Waals surface area contributed by atoms with Gasteiger partial charge in [-0.15, -0.1) is 11.3 Å². The zero-order valence-electron chi connectivity index (χ0n) is 10.6. The molecule has 106 valence electrons. The number of hydrogen-bond acceptors (Lipinski definition) is 5. The molecule has 0 aromatic carbocycles. The fourth-order valence-corrected chi connectivity index (χ4v) is 3.35. The molecule has 0 radical (unpaired) electrons. The van der Waals surface area contributed by atoms with Crippen molar-refractivity contribution in [1.29, 1.82) is 0 Å². The number of nitrogens with two attached hydrogens (primary N) is 1. The Balaban J connectivity index is 1.76. The molecular formula is C12H14N4O2S2. The average Bonchev–Trinajstić information content (AvgIpc) is 2.89. The summed E-state index contributed by atoms with van der Waals surface area (Å²) in [5.41, 5.74) is 0.990. The van der Waals surface area contributed by atoms with Gasteiger partial charge in [0.25, 0.3) is 10.0 Å². The molecule has 2 aromatic rings. The molecule has 3 rings (SSSR count). The van der Waals surface area contributed by atoms with E-state index in [1.165, 1.54) is 29.6 Å². The molecule has 0 aliphatic heterocycles. The summed E-state index contributed by atoms with van der Waals surface area (Å²) in [7, 11) is -3.72. The Morgan fingerprint density at radius 3 is 2.90 bits per heavy atom. The van der Waals surface area contributed by atoms with Crippen molar-refractivity contribution in [2.24, 2.45) is 11.1 Å². The van der Waals surface area contributed by atoms with Crippen molar-refractivity contribution < 1.29 is 8.42 Å². The predicted octanol–water partition coefficient (Wildman–Crippen LogP) is 1.57. The summed E-state index contributed by atoms with van der Waals surface area (Å²) in [4.78, 5) is 3.97. The molecule has 0 amide bonds. The van der Waals surface area contributed by atoms with E-state index in [0.717, 1.165) is 18.2 Å². The zero-order valence-corrected chi connectivity index (χ0v) is 12.3. The highest BCUT2D eigenvalue weighted by molar-refractivity contribution is 7.89. The minimum atomic E-state index is -3.72. The van der Waals surface area contributed by atoms with Gasteiger partial charge in [-0.1, -0.05) is 0 Å². The molecule has 2 heterocycles. The monoisotopic (exact) mass is 310 g/mol. The van der Waals surface area contributed by atoms with E-state index in [2.05, 4.69) is 10.1 Å². The van der Waals surface area contributed by atoms with Crippen LogP contribution in [0.25, 0.3) is 12.2 Å². The van der Waals surface area contributed by atoms with Crippen LogP contribution < -0.4 is 5.14 Å². The maximum Gasteiger partial charge on any atom is 0.256 e. The van der Waals surface area contributed by atoms with Crippen molar-refractivity contribution in [2.45, 2.75) is 24.4 Å². The fourth-order valence-electron chi connectivity index (χ4n) is 1.82. The summed E-state index contributed by atoms with van der Waals surface area (Å²) >= 11 is 1.24. The Labute approximate surface area is 121 Å². The van der Waals surface area contributed by atoms with E-state index < -0.39 is 10.0 Å². The third-order valence-electron chi connectivity index (χ3n) is 3.07. The molecule has 1 fully saturated rings. The average molecular weight is 310 g/mol. The molecule has 1 saturated carbocycles. The Morgan fingerprint density at radius 2 is 2.25 bits per heavy atom. The summed E-state index contributed by atoms with van der Waals surface area (Å²) in [5, 5.41) is 11.3. The molecule has 0 spiro atoms. The van der Waals surface area contributed by atoms with Crippen LogP contribution in [-0.2, 0) is 16.6 Å². The Morgan fingerprint density at radius 1 is 1.45 bits per heavy atom. The maximum absolute atomic E-state index is 11.1. The van der Waals surface area contributed by atoms with E-state index in [-0.39, 0.29) is 5.03 Å². The molecule has 1 aliphatic carbocycles. The molecule has 0 saturated heterocycles. The molecule has 8 heteroatoms. The first-order chi connectivity index (χ1) is 9.52. The van der Waals surface area contributed by atoms with Crippen molar-refractivity contribution in [3.63, 3.8) is 0 Å². The first-order valence-electron chi connectivity index (χ1n) is 6.20. The van der Waals surface area contributed by atoms with E-state index in [9.17, 15) is 8.42 Å². The molecule has 1 aliphatic rings. The van der Waals surface area contributed by atoms with E-state index in [0.29, 0.717) is 5.01 Å². The predicted molar refractivity (Wildman–Crippen MR) is 77.4 cm³/mol. The molecule has 2 N–H and O–H groups in total. The van der Waals surface area contributed by atoms with Gasteiger partial charge in [-0.2, -0.15) is 5.10 Å². The van der Waals surface area contributed by atoms with Crippen LogP contribution in [-0.4, -0.2) is 23.2 Å². The lowest BCUT2D eigenvalue weighted by atomic mass is 10.3. The van der Waals surface area contributed by atoms with Gasteiger partial charge in [0.2, 0.25) is 0 Å². The van der Waals surface area contributed by atoms with Crippen molar-refractivity contribution in [3.8, 4) is 0 Å². The molecule has 20 heavy (non-hydrogen) atoms. The molecule has 0 unspecified atom stereocenters. The quantitative estimate of drug-likeness (QED) is 0.907. The Kier molecular flexibility index (Phi) is 3.45. The van der Waals surface area contributed by atoms with Gasteiger partial charge in [-0.3, -0.25) is 4.68 Å². The van der Waals surface area contributed by atoms with Crippen LogP contribution in [0.1, 0.15) is 23.5 Å². The van der Waals surface area contributed by atoms with Crippen molar-refractivity contribution in [3.05, 3.63) is 28.3 Å². The van der Waals surface area contributed by atoms with Crippen molar-refractivity contribution in [2.75, 3.05) is 0 Å². The SMILES string of the molecule is NS(=O)(=O)c1csc(/C=C/c2ccnn2CC2CC2)n1. The number of sulfonamides is 1. The first kappa shape index (κ1) is 13.5. The summed E-state index contributed by atoms with van der Waals surface area (Å²) in [5.74, 6) is 0.746. The minimum Gasteiger partial charge on any atom is -0.265 e. The normalized spacial score (nSPS) is 16.1. The van der Waals surface area contributed by atoms with Crippen molar-refractivity contribution in [1.82, 2.24) is 14.8 Å². The van der Waals surface area contributed by atoms with Crippen LogP contribution in [0.5, 0.6) is 0 Å². The lowest BCUT2D eigenvalue weighted by molar-refractivity contribution is 0.559. The van der Waals surface area contributed by atoms with E-state index >= 15 is 0 Å². The van der Waals surface area contributed by atoms with Crippen LogP contribution in [0.2, 0.25) is 0 Å². The Hall–Kier alpha value is -1.51. The number of primary sulfonamides is 1. The van der Waals surface area contributed by atoms with Crippen LogP contribution in [0.4, 0.5) is 0 Å². The van der Waals surface area contributed by atoms with E-state index in [1.54, 1.807) is 12.3 Å². The van der Waals surface area contributed by atoms with E-state index in [1.807, 2.05) is 16.8 Å². The number of rotatable bonds is 5.